The number of imide groups is 1. The van der Waals surface area contributed by atoms with Crippen molar-refractivity contribution in [3.63, 3.8) is 0 Å². The lowest BCUT2D eigenvalue weighted by Gasteiger charge is -2.40. The molecule has 5 N–H and O–H groups in total. The van der Waals surface area contributed by atoms with Gasteiger partial charge in [-0.15, -0.1) is 0 Å². The van der Waals surface area contributed by atoms with Gasteiger partial charge < -0.3 is 15.7 Å². The Morgan fingerprint density at radius 2 is 1.76 bits per heavy atom. The Balaban J connectivity index is 1.54. The third-order valence-electron chi connectivity index (χ3n) is 8.03. The molecule has 0 aromatic carbocycles. The molecule has 2 aliphatic heterocycles. The number of urea groups is 1. The molecule has 3 fully saturated rings. The molecule has 3 aliphatic rings. The fraction of sp³-hybridized carbons (Fsp3) is 0.696. The summed E-state index contributed by atoms with van der Waals surface area (Å²) in [6.45, 7) is 2.39. The maximum Gasteiger partial charge on any atom is 0.334 e. The number of amides is 3. The molecule has 204 valence electrons. The minimum absolute atomic E-state index is 0.00859. The summed E-state index contributed by atoms with van der Waals surface area (Å²) in [5.41, 5.74) is 2.59. The van der Waals surface area contributed by atoms with Gasteiger partial charge in [-0.3, -0.25) is 29.4 Å². The molecule has 1 saturated carbocycles. The maximum atomic E-state index is 13.2. The SMILES string of the molecule is CCCCn1c(O)c(C(=N)N)c(=O)n(C2CCC(CN3C(=O)NC(=O)C34CCS(=O)(=O)CC4)CC2)c1=O. The van der Waals surface area contributed by atoms with E-state index in [0.29, 0.717) is 32.1 Å². The Morgan fingerprint density at radius 1 is 1.14 bits per heavy atom. The number of nitrogens with one attached hydrogen (secondary N) is 2. The summed E-state index contributed by atoms with van der Waals surface area (Å²) >= 11 is 0. The summed E-state index contributed by atoms with van der Waals surface area (Å²) in [5, 5.41) is 20.6. The van der Waals surface area contributed by atoms with Crippen LogP contribution in [0, 0.1) is 11.3 Å². The Hall–Kier alpha value is -3.16. The summed E-state index contributed by atoms with van der Waals surface area (Å²) in [4.78, 5) is 53.1. The monoisotopic (exact) mass is 538 g/mol. The van der Waals surface area contributed by atoms with E-state index in [0.717, 1.165) is 15.6 Å². The Morgan fingerprint density at radius 3 is 2.32 bits per heavy atom. The number of unbranched alkanes of at least 4 members (excludes halogenated alkanes) is 1. The van der Waals surface area contributed by atoms with Crippen molar-refractivity contribution in [1.82, 2.24) is 19.4 Å². The zero-order chi connectivity index (χ0) is 27.1. The summed E-state index contributed by atoms with van der Waals surface area (Å²) in [6.07, 6.45) is 3.50. The van der Waals surface area contributed by atoms with Crippen LogP contribution in [0.5, 0.6) is 5.88 Å². The number of nitrogens with zero attached hydrogens (tertiary/aromatic N) is 3. The van der Waals surface area contributed by atoms with Crippen LogP contribution in [0.15, 0.2) is 9.59 Å². The van der Waals surface area contributed by atoms with Gasteiger partial charge in [-0.05, 0) is 50.9 Å². The first-order valence-corrected chi connectivity index (χ1v) is 14.5. The van der Waals surface area contributed by atoms with Crippen LogP contribution in [0.1, 0.15) is 69.9 Å². The first-order valence-electron chi connectivity index (χ1n) is 12.7. The second-order valence-electron chi connectivity index (χ2n) is 10.3. The molecule has 13 nitrogen and oxygen atoms in total. The molecule has 4 rings (SSSR count). The normalized spacial score (nSPS) is 24.8. The molecule has 1 aromatic rings. The van der Waals surface area contributed by atoms with Crippen molar-refractivity contribution in [2.24, 2.45) is 11.7 Å². The number of aromatic nitrogens is 2. The second-order valence-corrected chi connectivity index (χ2v) is 12.6. The number of hydrogen-bond acceptors (Lipinski definition) is 8. The average Bonchev–Trinajstić information content (AvgIpc) is 3.05. The van der Waals surface area contributed by atoms with E-state index in [1.807, 2.05) is 6.92 Å². The highest BCUT2D eigenvalue weighted by Crippen LogP contribution is 2.38. The Bertz CT molecular complexity index is 1330. The lowest BCUT2D eigenvalue weighted by atomic mass is 9.83. The van der Waals surface area contributed by atoms with E-state index in [9.17, 15) is 32.7 Å². The smallest absolute Gasteiger partial charge is 0.334 e. The predicted octanol–water partition coefficient (Wildman–Crippen LogP) is 0.0303. The molecule has 0 atom stereocenters. The van der Waals surface area contributed by atoms with E-state index in [4.69, 9.17) is 11.1 Å². The van der Waals surface area contributed by atoms with Gasteiger partial charge in [-0.25, -0.2) is 18.0 Å². The molecule has 37 heavy (non-hydrogen) atoms. The van der Waals surface area contributed by atoms with Crippen molar-refractivity contribution < 1.29 is 23.1 Å². The van der Waals surface area contributed by atoms with Crippen LogP contribution in [0.4, 0.5) is 4.79 Å². The third-order valence-corrected chi connectivity index (χ3v) is 9.69. The zero-order valence-electron chi connectivity index (χ0n) is 20.9. The molecule has 3 heterocycles. The van der Waals surface area contributed by atoms with Crippen LogP contribution in [0.3, 0.4) is 0 Å². The largest absolute Gasteiger partial charge is 0.494 e. The van der Waals surface area contributed by atoms with Gasteiger partial charge in [-0.1, -0.05) is 13.3 Å². The number of nitrogen functional groups attached to an aromatic ring is 1. The van der Waals surface area contributed by atoms with E-state index in [1.54, 1.807) is 0 Å². The number of amidine groups is 1. The molecule has 14 heteroatoms. The van der Waals surface area contributed by atoms with Gasteiger partial charge in [-0.2, -0.15) is 0 Å². The van der Waals surface area contributed by atoms with Gasteiger partial charge in [0.1, 0.15) is 16.9 Å². The van der Waals surface area contributed by atoms with Gasteiger partial charge in [0.05, 0.1) is 11.5 Å². The second kappa shape index (κ2) is 9.95. The van der Waals surface area contributed by atoms with Crippen molar-refractivity contribution >= 4 is 27.6 Å². The van der Waals surface area contributed by atoms with Gasteiger partial charge in [0.15, 0.2) is 9.84 Å². The van der Waals surface area contributed by atoms with Crippen LogP contribution in [0.25, 0.3) is 0 Å². The van der Waals surface area contributed by atoms with E-state index in [1.165, 1.54) is 4.90 Å². The van der Waals surface area contributed by atoms with E-state index < -0.39 is 56.3 Å². The van der Waals surface area contributed by atoms with Gasteiger partial charge in [0, 0.05) is 19.1 Å². The maximum absolute atomic E-state index is 13.2. The molecule has 0 radical (unpaired) electrons. The minimum Gasteiger partial charge on any atom is -0.494 e. The van der Waals surface area contributed by atoms with E-state index in [2.05, 4.69) is 5.32 Å². The molecule has 1 aromatic heterocycles. The molecule has 0 bridgehead atoms. The van der Waals surface area contributed by atoms with Crippen molar-refractivity contribution in [3.05, 3.63) is 26.4 Å². The predicted molar refractivity (Wildman–Crippen MR) is 134 cm³/mol. The molecule has 1 spiro atoms. The first kappa shape index (κ1) is 26.9. The number of nitrogens with two attached hydrogens (primary N) is 1. The highest BCUT2D eigenvalue weighted by Gasteiger charge is 2.55. The molecular formula is C23H34N6O7S. The zero-order valence-corrected chi connectivity index (χ0v) is 21.7. The van der Waals surface area contributed by atoms with Crippen molar-refractivity contribution in [2.75, 3.05) is 18.1 Å². The van der Waals surface area contributed by atoms with Crippen LogP contribution >= 0.6 is 0 Å². The number of hydrogen-bond donors (Lipinski definition) is 4. The lowest BCUT2D eigenvalue weighted by molar-refractivity contribution is -0.127. The molecule has 1 aliphatic carbocycles. The van der Waals surface area contributed by atoms with Crippen molar-refractivity contribution in [3.8, 4) is 5.88 Å². The number of carbonyl (C=O) groups excluding carboxylic acids is 2. The molecule has 2 saturated heterocycles. The standard InChI is InChI=1S/C23H34N6O7S/c1-2-3-10-27-18(30)16(17(24)25)19(31)29(22(27)34)15-6-4-14(5-7-15)13-28-21(33)26-20(32)23(28)8-11-37(35,36)12-9-23/h14-15,30H,2-13H2,1H3,(H3,24,25)(H,26,32,33). The molecular weight excluding hydrogens is 504 g/mol. The quantitative estimate of drug-likeness (QED) is 0.212. The minimum atomic E-state index is -3.24. The summed E-state index contributed by atoms with van der Waals surface area (Å²) in [5.74, 6) is -1.97. The molecule has 3 amide bonds. The lowest BCUT2D eigenvalue weighted by Crippen LogP contribution is -2.55. The van der Waals surface area contributed by atoms with Crippen LogP contribution in [-0.2, 0) is 21.2 Å². The average molecular weight is 539 g/mol. The highest BCUT2D eigenvalue weighted by atomic mass is 32.2. The number of aromatic hydroxyl groups is 1. The fourth-order valence-corrected chi connectivity index (χ4v) is 7.31. The first-order chi connectivity index (χ1) is 17.4. The summed E-state index contributed by atoms with van der Waals surface area (Å²) < 4.78 is 26.1. The number of rotatable bonds is 7. The molecule has 0 unspecified atom stereocenters. The van der Waals surface area contributed by atoms with Crippen LogP contribution in [0.2, 0.25) is 0 Å². The van der Waals surface area contributed by atoms with E-state index >= 15 is 0 Å². The highest BCUT2D eigenvalue weighted by molar-refractivity contribution is 7.91. The Labute approximate surface area is 214 Å². The van der Waals surface area contributed by atoms with Gasteiger partial charge in [0.2, 0.25) is 5.88 Å². The van der Waals surface area contributed by atoms with Gasteiger partial charge >= 0.3 is 11.7 Å². The number of sulfone groups is 1. The summed E-state index contributed by atoms with van der Waals surface area (Å²) in [6, 6.07) is -0.989. The Kier molecular flexibility index (Phi) is 7.23. The van der Waals surface area contributed by atoms with Crippen LogP contribution < -0.4 is 22.3 Å². The third kappa shape index (κ3) is 4.78. The van der Waals surface area contributed by atoms with E-state index in [-0.39, 0.29) is 48.9 Å². The van der Waals surface area contributed by atoms with Crippen LogP contribution in [-0.4, -0.2) is 68.9 Å². The fourth-order valence-electron chi connectivity index (χ4n) is 5.81. The van der Waals surface area contributed by atoms with Crippen molar-refractivity contribution in [2.45, 2.75) is 76.4 Å². The van der Waals surface area contributed by atoms with Gasteiger partial charge in [0.25, 0.3) is 11.5 Å². The number of carbonyl (C=O) groups is 2. The topological polar surface area (TPSA) is 198 Å². The van der Waals surface area contributed by atoms with Crippen molar-refractivity contribution in [1.29, 1.82) is 5.41 Å². The summed E-state index contributed by atoms with van der Waals surface area (Å²) in [7, 11) is -3.24.